The molecule has 0 aliphatic heterocycles. The third kappa shape index (κ3) is 5.58. The molecular formula is C19H32O3. The lowest BCUT2D eigenvalue weighted by atomic mass is 9.65. The molecule has 1 N–H and O–H groups in total. The summed E-state index contributed by atoms with van der Waals surface area (Å²) < 4.78 is 0. The number of ketones is 1. The van der Waals surface area contributed by atoms with Gasteiger partial charge in [0.05, 0.1) is 0 Å². The maximum absolute atomic E-state index is 12.2. The number of hydrogen-bond donors (Lipinski definition) is 1. The van der Waals surface area contributed by atoms with E-state index in [1.807, 2.05) is 0 Å². The van der Waals surface area contributed by atoms with Crippen molar-refractivity contribution < 1.29 is 14.7 Å². The zero-order valence-corrected chi connectivity index (χ0v) is 14.7. The second-order valence-corrected chi connectivity index (χ2v) is 7.60. The van der Waals surface area contributed by atoms with Gasteiger partial charge in [-0.1, -0.05) is 25.5 Å². The highest BCUT2D eigenvalue weighted by atomic mass is 16.4. The highest BCUT2D eigenvalue weighted by molar-refractivity contribution is 6.34. The molecule has 3 nitrogen and oxygen atoms in total. The maximum atomic E-state index is 12.2. The maximum Gasteiger partial charge on any atom is 0.372 e. The summed E-state index contributed by atoms with van der Waals surface area (Å²) in [7, 11) is 0. The predicted octanol–water partition coefficient (Wildman–Crippen LogP) is 5.00. The molecule has 0 bridgehead atoms. The third-order valence-electron chi connectivity index (χ3n) is 5.24. The van der Waals surface area contributed by atoms with E-state index in [2.05, 4.69) is 33.8 Å². The number of carboxylic acid groups (broad SMARTS) is 1. The number of allylic oxidation sites excluding steroid dienone is 2. The van der Waals surface area contributed by atoms with Gasteiger partial charge in [0.15, 0.2) is 0 Å². The van der Waals surface area contributed by atoms with Gasteiger partial charge in [0, 0.05) is 5.41 Å². The Hall–Kier alpha value is -1.12. The molecule has 1 aliphatic rings. The third-order valence-corrected chi connectivity index (χ3v) is 5.24. The molecule has 1 saturated carbocycles. The number of Topliss-reactive ketones (excluding diaryl/α,β-unsaturated/α-hetero) is 1. The average Bonchev–Trinajstić information content (AvgIpc) is 2.46. The summed E-state index contributed by atoms with van der Waals surface area (Å²) in [6, 6.07) is 0. The molecule has 1 rings (SSSR count). The minimum Gasteiger partial charge on any atom is -0.475 e. The normalized spacial score (nSPS) is 26.3. The lowest BCUT2D eigenvalue weighted by molar-refractivity contribution is -0.156. The molecule has 0 saturated heterocycles. The van der Waals surface area contributed by atoms with E-state index >= 15 is 0 Å². The first kappa shape index (κ1) is 18.9. The number of carboxylic acids is 1. The van der Waals surface area contributed by atoms with Crippen LogP contribution in [-0.4, -0.2) is 16.9 Å². The summed E-state index contributed by atoms with van der Waals surface area (Å²) in [6.45, 7) is 8.61. The molecule has 1 fully saturated rings. The van der Waals surface area contributed by atoms with Crippen molar-refractivity contribution in [1.82, 2.24) is 0 Å². The molecule has 0 amide bonds. The molecule has 0 aromatic carbocycles. The zero-order valence-electron chi connectivity index (χ0n) is 14.7. The Balaban J connectivity index is 2.60. The highest BCUT2D eigenvalue weighted by Gasteiger charge is 2.43. The fourth-order valence-electron chi connectivity index (χ4n) is 3.46. The van der Waals surface area contributed by atoms with Gasteiger partial charge in [-0.2, -0.15) is 0 Å². The van der Waals surface area contributed by atoms with Crippen molar-refractivity contribution in [1.29, 1.82) is 0 Å². The zero-order chi connectivity index (χ0) is 16.8. The van der Waals surface area contributed by atoms with E-state index < -0.39 is 17.2 Å². The molecule has 3 heteroatoms. The first-order valence-electron chi connectivity index (χ1n) is 8.68. The van der Waals surface area contributed by atoms with E-state index in [1.165, 1.54) is 5.57 Å². The van der Waals surface area contributed by atoms with Crippen molar-refractivity contribution in [2.45, 2.75) is 79.1 Å². The van der Waals surface area contributed by atoms with E-state index in [-0.39, 0.29) is 0 Å². The van der Waals surface area contributed by atoms with Crippen LogP contribution in [0.25, 0.3) is 0 Å². The van der Waals surface area contributed by atoms with Gasteiger partial charge in [0.1, 0.15) is 0 Å². The molecule has 22 heavy (non-hydrogen) atoms. The summed E-state index contributed by atoms with van der Waals surface area (Å²) in [5.74, 6) is -0.638. The van der Waals surface area contributed by atoms with Gasteiger partial charge in [-0.15, -0.1) is 0 Å². The molecular weight excluding hydrogens is 276 g/mol. The van der Waals surface area contributed by atoms with E-state index in [4.69, 9.17) is 0 Å². The summed E-state index contributed by atoms with van der Waals surface area (Å²) in [4.78, 5) is 23.5. The van der Waals surface area contributed by atoms with Gasteiger partial charge in [0.2, 0.25) is 5.78 Å². The summed E-state index contributed by atoms with van der Waals surface area (Å²) in [6.07, 6.45) is 9.57. The van der Waals surface area contributed by atoms with Crippen LogP contribution in [0.4, 0.5) is 0 Å². The summed E-state index contributed by atoms with van der Waals surface area (Å²) in [5.41, 5.74) is 0.745. The largest absolute Gasteiger partial charge is 0.475 e. The van der Waals surface area contributed by atoms with Crippen LogP contribution in [-0.2, 0) is 9.59 Å². The van der Waals surface area contributed by atoms with Gasteiger partial charge < -0.3 is 5.11 Å². The van der Waals surface area contributed by atoms with Crippen molar-refractivity contribution in [2.24, 2.45) is 17.3 Å². The van der Waals surface area contributed by atoms with E-state index in [9.17, 15) is 14.7 Å². The summed E-state index contributed by atoms with van der Waals surface area (Å²) in [5, 5.41) is 9.18. The smallest absolute Gasteiger partial charge is 0.372 e. The lowest BCUT2D eigenvalue weighted by Gasteiger charge is -2.37. The molecule has 1 aliphatic carbocycles. The number of hydrogen-bond acceptors (Lipinski definition) is 2. The number of carbonyl (C=O) groups excluding carboxylic acids is 1. The van der Waals surface area contributed by atoms with Crippen molar-refractivity contribution in [2.75, 3.05) is 0 Å². The minimum absolute atomic E-state index is 0.536. The Morgan fingerprint density at radius 2 is 1.82 bits per heavy atom. The van der Waals surface area contributed by atoms with Gasteiger partial charge >= 0.3 is 5.97 Å². The molecule has 0 aromatic rings. The van der Waals surface area contributed by atoms with Gasteiger partial charge in [-0.25, -0.2) is 4.79 Å². The number of carbonyl (C=O) groups is 2. The monoisotopic (exact) mass is 308 g/mol. The second-order valence-electron chi connectivity index (χ2n) is 7.60. The van der Waals surface area contributed by atoms with E-state index in [0.717, 1.165) is 51.4 Å². The molecule has 126 valence electrons. The van der Waals surface area contributed by atoms with Crippen molar-refractivity contribution in [3.8, 4) is 0 Å². The molecule has 0 heterocycles. The Labute approximate surface area is 135 Å². The van der Waals surface area contributed by atoms with Crippen LogP contribution in [0.15, 0.2) is 11.6 Å². The van der Waals surface area contributed by atoms with Crippen LogP contribution in [0, 0.1) is 17.3 Å². The SMILES string of the molecule is CC(C)=CCCC(C)CCC1(C(=O)C(=O)O)CCC(C)CC1. The Morgan fingerprint density at radius 1 is 1.23 bits per heavy atom. The molecule has 1 atom stereocenters. The summed E-state index contributed by atoms with van der Waals surface area (Å²) >= 11 is 0. The van der Waals surface area contributed by atoms with Crippen LogP contribution >= 0.6 is 0 Å². The highest BCUT2D eigenvalue weighted by Crippen LogP contribution is 2.44. The predicted molar refractivity (Wildman–Crippen MR) is 89.8 cm³/mol. The number of aliphatic carboxylic acids is 1. The topological polar surface area (TPSA) is 54.4 Å². The van der Waals surface area contributed by atoms with Crippen LogP contribution in [0.3, 0.4) is 0 Å². The minimum atomic E-state index is -1.24. The van der Waals surface area contributed by atoms with Crippen LogP contribution in [0.2, 0.25) is 0 Å². The quantitative estimate of drug-likeness (QED) is 0.507. The average molecular weight is 308 g/mol. The van der Waals surface area contributed by atoms with Crippen molar-refractivity contribution in [3.05, 3.63) is 11.6 Å². The van der Waals surface area contributed by atoms with Gasteiger partial charge in [-0.05, 0) is 77.0 Å². The first-order chi connectivity index (χ1) is 10.3. The van der Waals surface area contributed by atoms with Crippen LogP contribution < -0.4 is 0 Å². The lowest BCUT2D eigenvalue weighted by Crippen LogP contribution is -2.39. The fourth-order valence-corrected chi connectivity index (χ4v) is 3.46. The van der Waals surface area contributed by atoms with E-state index in [1.54, 1.807) is 0 Å². The second kappa shape index (κ2) is 8.50. The molecule has 1 unspecified atom stereocenters. The Kier molecular flexibility index (Phi) is 7.31. The van der Waals surface area contributed by atoms with E-state index in [0.29, 0.717) is 11.8 Å². The standard InChI is InChI=1S/C19H32O3/c1-14(2)6-5-7-15(3)8-11-19(17(20)18(21)22)12-9-16(4)10-13-19/h6,15-16H,5,7-13H2,1-4H3,(H,21,22). The van der Waals surface area contributed by atoms with Crippen molar-refractivity contribution in [3.63, 3.8) is 0 Å². The molecule has 0 aromatic heterocycles. The fraction of sp³-hybridized carbons (Fsp3) is 0.789. The van der Waals surface area contributed by atoms with Crippen molar-refractivity contribution >= 4 is 11.8 Å². The Morgan fingerprint density at radius 3 is 2.32 bits per heavy atom. The Bertz CT molecular complexity index is 410. The van der Waals surface area contributed by atoms with Gasteiger partial charge in [-0.3, -0.25) is 4.79 Å². The first-order valence-corrected chi connectivity index (χ1v) is 8.68. The molecule has 0 radical (unpaired) electrons. The molecule has 0 spiro atoms. The van der Waals surface area contributed by atoms with Gasteiger partial charge in [0.25, 0.3) is 0 Å². The number of rotatable bonds is 8. The van der Waals surface area contributed by atoms with Crippen LogP contribution in [0.5, 0.6) is 0 Å². The van der Waals surface area contributed by atoms with Crippen LogP contribution in [0.1, 0.15) is 79.1 Å².